The Morgan fingerprint density at radius 2 is 1.88 bits per heavy atom. The Balaban J connectivity index is 1.44. The zero-order valence-corrected chi connectivity index (χ0v) is 13.7. The second kappa shape index (κ2) is 6.76. The summed E-state index contributed by atoms with van der Waals surface area (Å²) in [6, 6.07) is 11.8. The first-order chi connectivity index (χ1) is 12.3. The minimum absolute atomic E-state index is 0.204. The lowest BCUT2D eigenvalue weighted by atomic mass is 10.1. The van der Waals surface area contributed by atoms with Gasteiger partial charge in [0.25, 0.3) is 5.91 Å². The first kappa shape index (κ1) is 15.4. The molecule has 2 aromatic heterocycles. The van der Waals surface area contributed by atoms with E-state index in [4.69, 9.17) is 4.74 Å². The van der Waals surface area contributed by atoms with E-state index < -0.39 is 0 Å². The number of amides is 1. The Labute approximate surface area is 145 Å². The van der Waals surface area contributed by atoms with E-state index >= 15 is 0 Å². The van der Waals surface area contributed by atoms with Crippen molar-refractivity contribution in [2.45, 2.75) is 19.4 Å². The van der Waals surface area contributed by atoms with Crippen molar-refractivity contribution >= 4 is 11.6 Å². The minimum Gasteiger partial charge on any atom is -0.477 e. The molecule has 3 aromatic rings. The van der Waals surface area contributed by atoms with E-state index in [9.17, 15) is 4.79 Å². The molecule has 1 aromatic carbocycles. The first-order valence-electron chi connectivity index (χ1n) is 8.27. The van der Waals surface area contributed by atoms with Crippen molar-refractivity contribution in [2.24, 2.45) is 0 Å². The Hall–Kier alpha value is -3.15. The number of aryl methyl sites for hydroxylation is 1. The second-order valence-corrected chi connectivity index (χ2v) is 5.97. The standard InChI is InChI=1S/C19H18N4O2/c24-18(17-13-21-23-10-1-11-25-19(17)23)22-16-4-2-14(3-5-16)12-15-6-8-20-9-7-15/h2-9,13H,1,10-12H2,(H,22,24). The van der Waals surface area contributed by atoms with Crippen LogP contribution in [0.1, 0.15) is 27.9 Å². The highest BCUT2D eigenvalue weighted by Gasteiger charge is 2.21. The molecule has 6 heteroatoms. The van der Waals surface area contributed by atoms with E-state index in [-0.39, 0.29) is 5.91 Å². The van der Waals surface area contributed by atoms with Crippen LogP contribution in [-0.2, 0) is 13.0 Å². The monoisotopic (exact) mass is 334 g/mol. The van der Waals surface area contributed by atoms with Crippen molar-refractivity contribution < 1.29 is 9.53 Å². The summed E-state index contributed by atoms with van der Waals surface area (Å²) in [7, 11) is 0. The van der Waals surface area contributed by atoms with Crippen LogP contribution in [0.2, 0.25) is 0 Å². The molecule has 126 valence electrons. The van der Waals surface area contributed by atoms with Gasteiger partial charge in [0.15, 0.2) is 0 Å². The SMILES string of the molecule is O=C(Nc1ccc(Cc2ccncc2)cc1)c1cnn2c1OCCC2. The lowest BCUT2D eigenvalue weighted by Gasteiger charge is -2.15. The molecule has 0 saturated carbocycles. The highest BCUT2D eigenvalue weighted by Crippen LogP contribution is 2.23. The van der Waals surface area contributed by atoms with Gasteiger partial charge in [0.2, 0.25) is 5.88 Å². The lowest BCUT2D eigenvalue weighted by Crippen LogP contribution is -2.18. The van der Waals surface area contributed by atoms with Crippen LogP contribution in [0.3, 0.4) is 0 Å². The first-order valence-corrected chi connectivity index (χ1v) is 8.27. The number of pyridine rings is 1. The fourth-order valence-electron chi connectivity index (χ4n) is 2.87. The van der Waals surface area contributed by atoms with E-state index in [0.29, 0.717) is 18.1 Å². The molecule has 3 heterocycles. The van der Waals surface area contributed by atoms with E-state index in [1.54, 1.807) is 23.3 Å². The van der Waals surface area contributed by atoms with Crippen LogP contribution in [0.25, 0.3) is 0 Å². The third-order valence-electron chi connectivity index (χ3n) is 4.16. The van der Waals surface area contributed by atoms with E-state index in [1.807, 2.05) is 36.4 Å². The summed E-state index contributed by atoms with van der Waals surface area (Å²) in [5, 5.41) is 7.11. The van der Waals surface area contributed by atoms with Crippen molar-refractivity contribution in [3.05, 3.63) is 71.7 Å². The molecule has 0 unspecified atom stereocenters. The molecule has 6 nitrogen and oxygen atoms in total. The third-order valence-corrected chi connectivity index (χ3v) is 4.16. The summed E-state index contributed by atoms with van der Waals surface area (Å²) in [5.41, 5.74) is 3.60. The highest BCUT2D eigenvalue weighted by molar-refractivity contribution is 6.05. The number of hydrogen-bond donors (Lipinski definition) is 1. The van der Waals surface area contributed by atoms with Crippen LogP contribution in [0.4, 0.5) is 5.69 Å². The van der Waals surface area contributed by atoms with E-state index in [1.165, 1.54) is 11.1 Å². The summed E-state index contributed by atoms with van der Waals surface area (Å²) >= 11 is 0. The fraction of sp³-hybridized carbons (Fsp3) is 0.211. The maximum absolute atomic E-state index is 12.5. The normalized spacial score (nSPS) is 13.0. The van der Waals surface area contributed by atoms with Gasteiger partial charge in [-0.25, -0.2) is 4.68 Å². The van der Waals surface area contributed by atoms with Gasteiger partial charge in [-0.1, -0.05) is 12.1 Å². The number of hydrogen-bond acceptors (Lipinski definition) is 4. The molecule has 1 aliphatic heterocycles. The number of carbonyl (C=O) groups excluding carboxylic acids is 1. The van der Waals surface area contributed by atoms with Crippen LogP contribution >= 0.6 is 0 Å². The number of ether oxygens (including phenoxy) is 1. The molecular formula is C19H18N4O2. The molecule has 25 heavy (non-hydrogen) atoms. The van der Waals surface area contributed by atoms with Gasteiger partial charge in [-0.05, 0) is 41.8 Å². The van der Waals surface area contributed by atoms with Crippen molar-refractivity contribution in [1.29, 1.82) is 0 Å². The third kappa shape index (κ3) is 3.38. The van der Waals surface area contributed by atoms with Crippen molar-refractivity contribution in [2.75, 3.05) is 11.9 Å². The Bertz CT molecular complexity index is 872. The molecule has 0 bridgehead atoms. The van der Waals surface area contributed by atoms with Crippen LogP contribution in [0.5, 0.6) is 5.88 Å². The van der Waals surface area contributed by atoms with Crippen LogP contribution in [-0.4, -0.2) is 27.3 Å². The fourth-order valence-corrected chi connectivity index (χ4v) is 2.87. The molecule has 0 spiro atoms. The van der Waals surface area contributed by atoms with Gasteiger partial charge < -0.3 is 10.1 Å². The topological polar surface area (TPSA) is 69.0 Å². The summed E-state index contributed by atoms with van der Waals surface area (Å²) in [6.45, 7) is 1.40. The summed E-state index contributed by atoms with van der Waals surface area (Å²) in [4.78, 5) is 16.5. The number of carbonyl (C=O) groups is 1. The minimum atomic E-state index is -0.204. The predicted octanol–water partition coefficient (Wildman–Crippen LogP) is 2.90. The van der Waals surface area contributed by atoms with Gasteiger partial charge in [0.1, 0.15) is 5.56 Å². The van der Waals surface area contributed by atoms with Crippen LogP contribution in [0, 0.1) is 0 Å². The van der Waals surface area contributed by atoms with Gasteiger partial charge in [0, 0.05) is 31.0 Å². The zero-order chi connectivity index (χ0) is 17.1. The highest BCUT2D eigenvalue weighted by atomic mass is 16.5. The van der Waals surface area contributed by atoms with Gasteiger partial charge in [0.05, 0.1) is 12.8 Å². The number of nitrogens with zero attached hydrogens (tertiary/aromatic N) is 3. The number of fused-ring (bicyclic) bond motifs is 1. The van der Waals surface area contributed by atoms with Crippen molar-refractivity contribution in [3.8, 4) is 5.88 Å². The smallest absolute Gasteiger partial charge is 0.262 e. The molecule has 4 rings (SSSR count). The molecule has 0 atom stereocenters. The number of benzene rings is 1. The summed E-state index contributed by atoms with van der Waals surface area (Å²) in [6.07, 6.45) is 6.89. The maximum Gasteiger partial charge on any atom is 0.262 e. The molecular weight excluding hydrogens is 316 g/mol. The number of nitrogens with one attached hydrogen (secondary N) is 1. The quantitative estimate of drug-likeness (QED) is 0.796. The Morgan fingerprint density at radius 3 is 2.68 bits per heavy atom. The van der Waals surface area contributed by atoms with E-state index in [2.05, 4.69) is 15.4 Å². The number of rotatable bonds is 4. The summed E-state index contributed by atoms with van der Waals surface area (Å²) in [5.74, 6) is 0.350. The van der Waals surface area contributed by atoms with Crippen molar-refractivity contribution in [1.82, 2.24) is 14.8 Å². The van der Waals surface area contributed by atoms with E-state index in [0.717, 1.165) is 25.1 Å². The second-order valence-electron chi connectivity index (χ2n) is 5.97. The molecule has 0 fully saturated rings. The zero-order valence-electron chi connectivity index (χ0n) is 13.7. The van der Waals surface area contributed by atoms with Gasteiger partial charge in [-0.2, -0.15) is 5.10 Å². The largest absolute Gasteiger partial charge is 0.477 e. The Morgan fingerprint density at radius 1 is 1.12 bits per heavy atom. The summed E-state index contributed by atoms with van der Waals surface area (Å²) < 4.78 is 7.31. The average molecular weight is 334 g/mol. The molecule has 0 aliphatic carbocycles. The van der Waals surface area contributed by atoms with Gasteiger partial charge in [-0.15, -0.1) is 0 Å². The molecule has 1 amide bonds. The van der Waals surface area contributed by atoms with Gasteiger partial charge in [-0.3, -0.25) is 9.78 Å². The van der Waals surface area contributed by atoms with Crippen LogP contribution in [0.15, 0.2) is 55.0 Å². The molecule has 0 radical (unpaired) electrons. The predicted molar refractivity (Wildman–Crippen MR) is 93.8 cm³/mol. The van der Waals surface area contributed by atoms with Crippen LogP contribution < -0.4 is 10.1 Å². The number of anilines is 1. The molecule has 0 saturated heterocycles. The molecule has 1 aliphatic rings. The van der Waals surface area contributed by atoms with Gasteiger partial charge >= 0.3 is 0 Å². The molecule has 1 N–H and O–H groups in total. The van der Waals surface area contributed by atoms with Crippen molar-refractivity contribution in [3.63, 3.8) is 0 Å². The lowest BCUT2D eigenvalue weighted by molar-refractivity contribution is 0.102. The Kier molecular flexibility index (Phi) is 4.16. The maximum atomic E-state index is 12.5. The number of aromatic nitrogens is 3. The average Bonchev–Trinajstić information content (AvgIpc) is 3.08.